The van der Waals surface area contributed by atoms with Crippen LogP contribution in [0.15, 0.2) is 24.3 Å². The zero-order chi connectivity index (χ0) is 15.0. The fraction of sp³-hybridized carbons (Fsp3) is 0.400. The molecule has 1 aromatic heterocycles. The standard InChI is InChI=1S/C15H18ClN3O2/c1-18-4-5-19(9-12(20)8-18)15(21)14-7-10-6-11(16)2-3-13(10)17-14/h2-3,6-7,12,17,20H,4-5,8-9H2,1H3/t12-/m1/s1. The maximum absolute atomic E-state index is 12.6. The minimum Gasteiger partial charge on any atom is -0.390 e. The average Bonchev–Trinajstić information content (AvgIpc) is 2.77. The molecule has 21 heavy (non-hydrogen) atoms. The molecule has 0 spiro atoms. The second-order valence-electron chi connectivity index (χ2n) is 5.58. The molecule has 1 amide bonds. The van der Waals surface area contributed by atoms with E-state index in [-0.39, 0.29) is 5.91 Å². The van der Waals surface area contributed by atoms with E-state index in [4.69, 9.17) is 11.6 Å². The van der Waals surface area contributed by atoms with Crippen LogP contribution in [0.4, 0.5) is 0 Å². The van der Waals surface area contributed by atoms with Gasteiger partial charge < -0.3 is 19.9 Å². The van der Waals surface area contributed by atoms with Gasteiger partial charge in [-0.1, -0.05) is 11.6 Å². The number of H-pyrrole nitrogens is 1. The SMILES string of the molecule is CN1CCN(C(=O)c2cc3cc(Cl)ccc3[nH]2)C[C@H](O)C1. The number of aliphatic hydroxyl groups is 1. The van der Waals surface area contributed by atoms with Crippen molar-refractivity contribution in [2.24, 2.45) is 0 Å². The zero-order valence-corrected chi connectivity index (χ0v) is 12.6. The molecule has 1 aromatic carbocycles. The number of hydrogen-bond donors (Lipinski definition) is 2. The quantitative estimate of drug-likeness (QED) is 0.841. The third-order valence-electron chi connectivity index (χ3n) is 3.81. The predicted octanol–water partition coefficient (Wildman–Crippen LogP) is 1.57. The number of rotatable bonds is 1. The first-order valence-corrected chi connectivity index (χ1v) is 7.35. The smallest absolute Gasteiger partial charge is 0.270 e. The van der Waals surface area contributed by atoms with Gasteiger partial charge in [-0.05, 0) is 31.3 Å². The number of likely N-dealkylation sites (N-methyl/N-ethyl adjacent to an activating group) is 1. The largest absolute Gasteiger partial charge is 0.390 e. The molecule has 3 rings (SSSR count). The Morgan fingerprint density at radius 3 is 2.95 bits per heavy atom. The molecule has 1 saturated heterocycles. The number of benzene rings is 1. The van der Waals surface area contributed by atoms with Gasteiger partial charge in [0.2, 0.25) is 0 Å². The highest BCUT2D eigenvalue weighted by molar-refractivity contribution is 6.31. The zero-order valence-electron chi connectivity index (χ0n) is 11.8. The molecule has 0 aliphatic carbocycles. The van der Waals surface area contributed by atoms with E-state index in [1.54, 1.807) is 11.0 Å². The fourth-order valence-corrected chi connectivity index (χ4v) is 2.90. The molecule has 1 aliphatic heterocycles. The molecule has 0 bridgehead atoms. The van der Waals surface area contributed by atoms with Crippen molar-refractivity contribution < 1.29 is 9.90 Å². The molecule has 0 unspecified atom stereocenters. The molecular weight excluding hydrogens is 290 g/mol. The predicted molar refractivity (Wildman–Crippen MR) is 82.7 cm³/mol. The Morgan fingerprint density at radius 1 is 1.33 bits per heavy atom. The third-order valence-corrected chi connectivity index (χ3v) is 4.04. The number of amides is 1. The first-order valence-electron chi connectivity index (χ1n) is 6.97. The van der Waals surface area contributed by atoms with E-state index in [0.29, 0.717) is 30.4 Å². The number of nitrogens with zero attached hydrogens (tertiary/aromatic N) is 2. The summed E-state index contributed by atoms with van der Waals surface area (Å²) in [5.74, 6) is -0.0864. The van der Waals surface area contributed by atoms with E-state index in [1.165, 1.54) is 0 Å². The van der Waals surface area contributed by atoms with Gasteiger partial charge in [0, 0.05) is 42.1 Å². The summed E-state index contributed by atoms with van der Waals surface area (Å²) in [5.41, 5.74) is 1.42. The van der Waals surface area contributed by atoms with Crippen molar-refractivity contribution in [3.63, 3.8) is 0 Å². The summed E-state index contributed by atoms with van der Waals surface area (Å²) in [7, 11) is 1.95. The minimum absolute atomic E-state index is 0.0864. The van der Waals surface area contributed by atoms with Crippen molar-refractivity contribution in [3.8, 4) is 0 Å². The second-order valence-corrected chi connectivity index (χ2v) is 6.02. The lowest BCUT2D eigenvalue weighted by Crippen LogP contribution is -2.37. The van der Waals surface area contributed by atoms with Crippen LogP contribution in [0.2, 0.25) is 5.02 Å². The maximum Gasteiger partial charge on any atom is 0.270 e. The summed E-state index contributed by atoms with van der Waals surface area (Å²) in [5, 5.41) is 11.5. The lowest BCUT2D eigenvalue weighted by Gasteiger charge is -2.20. The molecule has 6 heteroatoms. The Kier molecular flexibility index (Phi) is 3.89. The number of β-amino-alcohol motifs (C(OH)–C–C–N with tert-alkyl or cyclic N) is 1. The van der Waals surface area contributed by atoms with Crippen LogP contribution in [-0.4, -0.2) is 65.1 Å². The van der Waals surface area contributed by atoms with Gasteiger partial charge in [0.1, 0.15) is 5.69 Å². The van der Waals surface area contributed by atoms with Gasteiger partial charge >= 0.3 is 0 Å². The van der Waals surface area contributed by atoms with Gasteiger partial charge in [0.05, 0.1) is 6.10 Å². The summed E-state index contributed by atoms with van der Waals surface area (Å²) in [6.45, 7) is 2.32. The van der Waals surface area contributed by atoms with Crippen LogP contribution in [0.5, 0.6) is 0 Å². The van der Waals surface area contributed by atoms with Crippen molar-refractivity contribution in [1.82, 2.24) is 14.8 Å². The Balaban J connectivity index is 1.85. The van der Waals surface area contributed by atoms with Crippen molar-refractivity contribution in [2.45, 2.75) is 6.10 Å². The van der Waals surface area contributed by atoms with Crippen LogP contribution in [0.3, 0.4) is 0 Å². The van der Waals surface area contributed by atoms with Crippen LogP contribution < -0.4 is 0 Å². The van der Waals surface area contributed by atoms with Crippen molar-refractivity contribution in [1.29, 1.82) is 0 Å². The number of halogens is 1. The summed E-state index contributed by atoms with van der Waals surface area (Å²) < 4.78 is 0. The summed E-state index contributed by atoms with van der Waals surface area (Å²) in [4.78, 5) is 19.4. The molecule has 2 N–H and O–H groups in total. The van der Waals surface area contributed by atoms with Crippen LogP contribution >= 0.6 is 11.6 Å². The molecule has 1 fully saturated rings. The number of carbonyl (C=O) groups is 1. The highest BCUT2D eigenvalue weighted by atomic mass is 35.5. The Hall–Kier alpha value is -1.56. The van der Waals surface area contributed by atoms with E-state index in [1.807, 2.05) is 30.1 Å². The van der Waals surface area contributed by atoms with Crippen LogP contribution in [-0.2, 0) is 0 Å². The van der Waals surface area contributed by atoms with Crippen LogP contribution in [0, 0.1) is 0 Å². The monoisotopic (exact) mass is 307 g/mol. The van der Waals surface area contributed by atoms with Crippen LogP contribution in [0.25, 0.3) is 10.9 Å². The Labute approximate surface area is 128 Å². The molecule has 112 valence electrons. The Bertz CT molecular complexity index is 670. The van der Waals surface area contributed by atoms with E-state index in [0.717, 1.165) is 17.4 Å². The molecule has 2 aromatic rings. The molecule has 1 aliphatic rings. The van der Waals surface area contributed by atoms with E-state index in [9.17, 15) is 9.90 Å². The first-order chi connectivity index (χ1) is 10.0. The lowest BCUT2D eigenvalue weighted by molar-refractivity contribution is 0.0662. The highest BCUT2D eigenvalue weighted by Crippen LogP contribution is 2.21. The first kappa shape index (κ1) is 14.4. The number of carbonyl (C=O) groups excluding carboxylic acids is 1. The molecule has 0 saturated carbocycles. The molecular formula is C15H18ClN3O2. The number of hydrogen-bond acceptors (Lipinski definition) is 3. The van der Waals surface area contributed by atoms with Crippen molar-refractivity contribution >= 4 is 28.4 Å². The van der Waals surface area contributed by atoms with Crippen molar-refractivity contribution in [2.75, 3.05) is 33.2 Å². The molecule has 5 nitrogen and oxygen atoms in total. The third kappa shape index (κ3) is 3.05. The number of aromatic nitrogens is 1. The van der Waals surface area contributed by atoms with Gasteiger partial charge in [-0.25, -0.2) is 0 Å². The normalized spacial score (nSPS) is 20.7. The topological polar surface area (TPSA) is 59.6 Å². The molecule has 1 atom stereocenters. The molecule has 2 heterocycles. The van der Waals surface area contributed by atoms with Gasteiger partial charge in [-0.15, -0.1) is 0 Å². The van der Waals surface area contributed by atoms with Crippen molar-refractivity contribution in [3.05, 3.63) is 35.0 Å². The van der Waals surface area contributed by atoms with Gasteiger partial charge in [0.25, 0.3) is 5.91 Å². The highest BCUT2D eigenvalue weighted by Gasteiger charge is 2.24. The number of nitrogens with one attached hydrogen (secondary N) is 1. The average molecular weight is 308 g/mol. The lowest BCUT2D eigenvalue weighted by atomic mass is 10.2. The fourth-order valence-electron chi connectivity index (χ4n) is 2.72. The van der Waals surface area contributed by atoms with Gasteiger partial charge in [-0.2, -0.15) is 0 Å². The van der Waals surface area contributed by atoms with Crippen LogP contribution in [0.1, 0.15) is 10.5 Å². The number of aliphatic hydroxyl groups excluding tert-OH is 1. The Morgan fingerprint density at radius 2 is 2.14 bits per heavy atom. The van der Waals surface area contributed by atoms with Gasteiger partial charge in [-0.3, -0.25) is 4.79 Å². The van der Waals surface area contributed by atoms with E-state index < -0.39 is 6.10 Å². The minimum atomic E-state index is -0.514. The molecule has 0 radical (unpaired) electrons. The summed E-state index contributed by atoms with van der Waals surface area (Å²) in [6.07, 6.45) is -0.514. The number of fused-ring (bicyclic) bond motifs is 1. The van der Waals surface area contributed by atoms with E-state index in [2.05, 4.69) is 4.98 Å². The summed E-state index contributed by atoms with van der Waals surface area (Å²) in [6, 6.07) is 7.29. The maximum atomic E-state index is 12.6. The van der Waals surface area contributed by atoms with Gasteiger partial charge in [0.15, 0.2) is 0 Å². The summed E-state index contributed by atoms with van der Waals surface area (Å²) >= 11 is 5.97. The second kappa shape index (κ2) is 5.67. The van der Waals surface area contributed by atoms with E-state index >= 15 is 0 Å². The number of aromatic amines is 1.